The minimum atomic E-state index is -0.298. The quantitative estimate of drug-likeness (QED) is 0.334. The molecule has 0 unspecified atom stereocenters. The smallest absolute Gasteiger partial charge is 0.302 e. The number of carbonyl (C=O) groups excluding carboxylic acids is 1. The molecule has 1 aromatic heterocycles. The molecule has 0 bridgehead atoms. The normalized spacial score (nSPS) is 9.24. The molecule has 174 valence electrons. The van der Waals surface area contributed by atoms with Crippen LogP contribution < -0.4 is 0 Å². The summed E-state index contributed by atoms with van der Waals surface area (Å²) in [5.41, 5.74) is 0.888. The minimum absolute atomic E-state index is 0.275. The summed E-state index contributed by atoms with van der Waals surface area (Å²) in [6.07, 6.45) is 3.63. The van der Waals surface area contributed by atoms with Gasteiger partial charge in [-0.2, -0.15) is 0 Å². The van der Waals surface area contributed by atoms with Crippen LogP contribution in [0.4, 0.5) is 0 Å². The van der Waals surface area contributed by atoms with Crippen molar-refractivity contribution in [2.75, 3.05) is 46.2 Å². The summed E-state index contributed by atoms with van der Waals surface area (Å²) in [6.45, 7) is 19.8. The Morgan fingerprint density at radius 3 is 2.00 bits per heavy atom. The number of hydrogen-bond acceptors (Lipinski definition) is 7. The molecule has 0 fully saturated rings. The van der Waals surface area contributed by atoms with Crippen LogP contribution in [0.5, 0.6) is 0 Å². The van der Waals surface area contributed by atoms with Gasteiger partial charge < -0.3 is 18.9 Å². The SMILES string of the molecule is CC.CC.CC.CCCOCCOCCc1cn(CCOCCOC(C)=O)nn1. The molecule has 8 heteroatoms. The van der Waals surface area contributed by atoms with E-state index >= 15 is 0 Å². The van der Waals surface area contributed by atoms with Gasteiger partial charge >= 0.3 is 5.97 Å². The van der Waals surface area contributed by atoms with Crippen molar-refractivity contribution in [3.8, 4) is 0 Å². The first-order chi connectivity index (χ1) is 14.2. The molecule has 0 aliphatic rings. The summed E-state index contributed by atoms with van der Waals surface area (Å²) in [6, 6.07) is 0. The van der Waals surface area contributed by atoms with Crippen molar-refractivity contribution in [1.29, 1.82) is 0 Å². The van der Waals surface area contributed by atoms with Gasteiger partial charge in [-0.1, -0.05) is 53.7 Å². The van der Waals surface area contributed by atoms with Crippen molar-refractivity contribution in [2.45, 2.75) is 74.8 Å². The molecule has 29 heavy (non-hydrogen) atoms. The second-order valence-corrected chi connectivity index (χ2v) is 4.90. The molecule has 0 atom stereocenters. The average molecular weight is 420 g/mol. The molecule has 0 aromatic carbocycles. The average Bonchev–Trinajstić information content (AvgIpc) is 3.22. The lowest BCUT2D eigenvalue weighted by atomic mass is 10.3. The maximum atomic E-state index is 10.6. The number of hydrogen-bond donors (Lipinski definition) is 0. The lowest BCUT2D eigenvalue weighted by molar-refractivity contribution is -0.142. The van der Waals surface area contributed by atoms with Gasteiger partial charge in [0.15, 0.2) is 0 Å². The largest absolute Gasteiger partial charge is 0.463 e. The fourth-order valence-electron chi connectivity index (χ4n) is 1.71. The van der Waals surface area contributed by atoms with Crippen LogP contribution in [0.15, 0.2) is 6.20 Å². The van der Waals surface area contributed by atoms with Gasteiger partial charge in [0.05, 0.1) is 45.3 Å². The molecule has 0 saturated carbocycles. The van der Waals surface area contributed by atoms with Gasteiger partial charge in [-0.15, -0.1) is 5.10 Å². The number of esters is 1. The molecule has 1 rings (SSSR count). The van der Waals surface area contributed by atoms with Gasteiger partial charge in [0.25, 0.3) is 0 Å². The maximum Gasteiger partial charge on any atom is 0.302 e. The molecular formula is C21H45N3O5. The fraction of sp³-hybridized carbons (Fsp3) is 0.857. The van der Waals surface area contributed by atoms with E-state index < -0.39 is 0 Å². The van der Waals surface area contributed by atoms with E-state index in [1.165, 1.54) is 6.92 Å². The van der Waals surface area contributed by atoms with E-state index in [1.807, 2.05) is 47.7 Å². The molecule has 0 saturated heterocycles. The fourth-order valence-corrected chi connectivity index (χ4v) is 1.71. The van der Waals surface area contributed by atoms with E-state index in [4.69, 9.17) is 18.9 Å². The summed E-state index contributed by atoms with van der Waals surface area (Å²) in [7, 11) is 0. The van der Waals surface area contributed by atoms with Crippen molar-refractivity contribution in [2.24, 2.45) is 0 Å². The van der Waals surface area contributed by atoms with Crippen LogP contribution in [0.3, 0.4) is 0 Å². The summed E-state index contributed by atoms with van der Waals surface area (Å²) in [4.78, 5) is 10.6. The molecule has 0 aliphatic heterocycles. The van der Waals surface area contributed by atoms with Gasteiger partial charge in [0, 0.05) is 26.1 Å². The van der Waals surface area contributed by atoms with Crippen molar-refractivity contribution in [3.05, 3.63) is 11.9 Å². The Balaban J connectivity index is -0.00000103. The van der Waals surface area contributed by atoms with Crippen LogP contribution in [0, 0.1) is 0 Å². The van der Waals surface area contributed by atoms with Crippen LogP contribution in [0.25, 0.3) is 0 Å². The van der Waals surface area contributed by atoms with E-state index in [0.29, 0.717) is 39.6 Å². The highest BCUT2D eigenvalue weighted by Gasteiger charge is 2.01. The van der Waals surface area contributed by atoms with Gasteiger partial charge in [-0.25, -0.2) is 4.68 Å². The summed E-state index contributed by atoms with van der Waals surface area (Å²) in [5.74, 6) is -0.298. The van der Waals surface area contributed by atoms with Crippen LogP contribution in [-0.4, -0.2) is 67.2 Å². The van der Waals surface area contributed by atoms with Crippen molar-refractivity contribution in [1.82, 2.24) is 15.0 Å². The molecule has 8 nitrogen and oxygen atoms in total. The minimum Gasteiger partial charge on any atom is -0.463 e. The Kier molecular flexibility index (Phi) is 31.8. The van der Waals surface area contributed by atoms with Gasteiger partial charge in [-0.3, -0.25) is 4.79 Å². The highest BCUT2D eigenvalue weighted by molar-refractivity contribution is 5.65. The molecular weight excluding hydrogens is 374 g/mol. The van der Waals surface area contributed by atoms with Gasteiger partial charge in [0.1, 0.15) is 6.61 Å². The number of carbonyl (C=O) groups is 1. The highest BCUT2D eigenvalue weighted by Crippen LogP contribution is 1.96. The highest BCUT2D eigenvalue weighted by atomic mass is 16.6. The summed E-state index contributed by atoms with van der Waals surface area (Å²) in [5, 5.41) is 8.10. The Morgan fingerprint density at radius 1 is 0.862 bits per heavy atom. The molecule has 1 aromatic rings. The second-order valence-electron chi connectivity index (χ2n) is 4.90. The first-order valence-corrected chi connectivity index (χ1v) is 11.0. The molecule has 0 N–H and O–H groups in total. The molecule has 1 heterocycles. The Labute approximate surface area is 178 Å². The lowest BCUT2D eigenvalue weighted by Crippen LogP contribution is -2.11. The van der Waals surface area contributed by atoms with E-state index in [0.717, 1.165) is 25.1 Å². The van der Waals surface area contributed by atoms with Crippen LogP contribution >= 0.6 is 0 Å². The Hall–Kier alpha value is -1.51. The molecule has 0 radical (unpaired) electrons. The second kappa shape index (κ2) is 28.7. The van der Waals surface area contributed by atoms with E-state index in [1.54, 1.807) is 4.68 Å². The summed E-state index contributed by atoms with van der Waals surface area (Å²) >= 11 is 0. The predicted octanol–water partition coefficient (Wildman–Crippen LogP) is 3.92. The van der Waals surface area contributed by atoms with E-state index in [2.05, 4.69) is 17.2 Å². The molecule has 0 spiro atoms. The lowest BCUT2D eigenvalue weighted by Gasteiger charge is -2.04. The van der Waals surface area contributed by atoms with Gasteiger partial charge in [-0.05, 0) is 6.42 Å². The zero-order chi connectivity index (χ0) is 22.8. The number of ether oxygens (including phenoxy) is 4. The van der Waals surface area contributed by atoms with E-state index in [-0.39, 0.29) is 12.6 Å². The monoisotopic (exact) mass is 419 g/mol. The van der Waals surface area contributed by atoms with Crippen LogP contribution in [0.1, 0.15) is 67.5 Å². The zero-order valence-corrected chi connectivity index (χ0v) is 20.0. The molecule has 0 amide bonds. The Morgan fingerprint density at radius 2 is 1.41 bits per heavy atom. The third-order valence-electron chi connectivity index (χ3n) is 2.81. The standard InChI is InChI=1S/C15H27N3O5.3C2H6/c1-3-6-20-9-10-21-7-4-15-13-18(17-16-15)5-8-22-11-12-23-14(2)19;3*1-2/h13H,3-12H2,1-2H3;3*1-2H3. The summed E-state index contributed by atoms with van der Waals surface area (Å²) < 4.78 is 22.6. The first-order valence-electron chi connectivity index (χ1n) is 11.0. The van der Waals surface area contributed by atoms with Crippen LogP contribution in [0.2, 0.25) is 0 Å². The maximum absolute atomic E-state index is 10.6. The topological polar surface area (TPSA) is 84.7 Å². The number of aromatic nitrogens is 3. The van der Waals surface area contributed by atoms with Gasteiger partial charge in [0.2, 0.25) is 0 Å². The van der Waals surface area contributed by atoms with E-state index in [9.17, 15) is 4.79 Å². The molecule has 0 aliphatic carbocycles. The van der Waals surface area contributed by atoms with Crippen LogP contribution in [-0.2, 0) is 36.7 Å². The number of rotatable bonds is 14. The first kappa shape index (κ1) is 32.2. The zero-order valence-electron chi connectivity index (χ0n) is 20.0. The van der Waals surface area contributed by atoms with Crippen molar-refractivity contribution >= 4 is 5.97 Å². The number of nitrogens with zero attached hydrogens (tertiary/aromatic N) is 3. The van der Waals surface area contributed by atoms with Crippen molar-refractivity contribution < 1.29 is 23.7 Å². The van der Waals surface area contributed by atoms with Crippen molar-refractivity contribution in [3.63, 3.8) is 0 Å². The predicted molar refractivity (Wildman–Crippen MR) is 117 cm³/mol. The third-order valence-corrected chi connectivity index (χ3v) is 2.81. The Bertz CT molecular complexity index is 428. The third kappa shape index (κ3) is 24.5.